The van der Waals surface area contributed by atoms with Gasteiger partial charge in [-0.05, 0) is 0 Å². The Morgan fingerprint density at radius 3 is 2.40 bits per heavy atom. The van der Waals surface area contributed by atoms with E-state index in [0.717, 1.165) is 0 Å². The number of rotatable bonds is 2. The molecular weight excluding hydrogens is 291 g/mol. The summed E-state index contributed by atoms with van der Waals surface area (Å²) in [6.07, 6.45) is 0. The van der Waals surface area contributed by atoms with Crippen molar-refractivity contribution in [1.29, 1.82) is 0 Å². The van der Waals surface area contributed by atoms with E-state index >= 15 is 0 Å². The first kappa shape index (κ1) is 7.86. The van der Waals surface area contributed by atoms with Crippen LogP contribution in [0, 0.1) is 0 Å². The number of hydrogen-bond donors (Lipinski definition) is 0. The molecule has 0 saturated heterocycles. The minimum absolute atomic E-state index is 0.409. The van der Waals surface area contributed by atoms with Crippen molar-refractivity contribution in [1.82, 2.24) is 0 Å². The second-order valence-corrected chi connectivity index (χ2v) is 7.55. The van der Waals surface area contributed by atoms with Gasteiger partial charge in [-0.1, -0.05) is 0 Å². The van der Waals surface area contributed by atoms with Gasteiger partial charge in [0.1, 0.15) is 0 Å². The van der Waals surface area contributed by atoms with Crippen LogP contribution in [0.4, 0.5) is 0 Å². The van der Waals surface area contributed by atoms with E-state index in [0.29, 0.717) is 3.54 Å². The van der Waals surface area contributed by atoms with E-state index in [1.807, 2.05) is 30.3 Å². The predicted octanol–water partition coefficient (Wildman–Crippen LogP) is 0.941. The third-order valence-electron chi connectivity index (χ3n) is 1.09. The Bertz CT molecular complexity index is 218. The molecule has 2 heteroatoms. The van der Waals surface area contributed by atoms with E-state index < -0.39 is 22.9 Å². The SMILES string of the molecule is C[C](=O)[Hf][c]1ccccc1. The van der Waals surface area contributed by atoms with Crippen molar-refractivity contribution in [2.24, 2.45) is 0 Å². The summed E-state index contributed by atoms with van der Waals surface area (Å²) >= 11 is -1.08. The van der Waals surface area contributed by atoms with Crippen molar-refractivity contribution in [2.45, 2.75) is 6.92 Å². The zero-order chi connectivity index (χ0) is 7.40. The van der Waals surface area contributed by atoms with Crippen LogP contribution in [-0.2, 0) is 27.7 Å². The van der Waals surface area contributed by atoms with Crippen molar-refractivity contribution in [2.75, 3.05) is 0 Å². The van der Waals surface area contributed by atoms with Crippen molar-refractivity contribution in [3.63, 3.8) is 0 Å². The second kappa shape index (κ2) is 3.81. The van der Waals surface area contributed by atoms with E-state index in [4.69, 9.17) is 0 Å². The third-order valence-corrected chi connectivity index (χ3v) is 4.59. The molecule has 0 amide bonds. The molecule has 0 saturated carbocycles. The van der Waals surface area contributed by atoms with Gasteiger partial charge < -0.3 is 0 Å². The summed E-state index contributed by atoms with van der Waals surface area (Å²) in [6.45, 7) is 1.69. The first-order valence-corrected chi connectivity index (χ1v) is 6.71. The molecule has 0 aliphatic heterocycles. The number of hydrogen-bond acceptors (Lipinski definition) is 1. The molecule has 1 aromatic carbocycles. The van der Waals surface area contributed by atoms with E-state index in [1.54, 1.807) is 6.92 Å². The van der Waals surface area contributed by atoms with Gasteiger partial charge in [0.2, 0.25) is 0 Å². The zero-order valence-electron chi connectivity index (χ0n) is 5.79. The van der Waals surface area contributed by atoms with Crippen molar-refractivity contribution < 1.29 is 27.7 Å². The molecule has 0 unspecified atom stereocenters. The van der Waals surface area contributed by atoms with Crippen LogP contribution in [0.3, 0.4) is 0 Å². The van der Waals surface area contributed by atoms with Crippen LogP contribution in [0.15, 0.2) is 30.3 Å². The molecule has 1 nitrogen and oxygen atoms in total. The molecule has 0 atom stereocenters. The first-order chi connectivity index (χ1) is 4.79. The van der Waals surface area contributed by atoms with Crippen LogP contribution in [0.25, 0.3) is 0 Å². The molecule has 1 aromatic rings. The fourth-order valence-electron chi connectivity index (χ4n) is 0.725. The maximum absolute atomic E-state index is 10.7. The first-order valence-electron chi connectivity index (χ1n) is 3.11. The average molecular weight is 299 g/mol. The molecule has 0 aliphatic rings. The molecule has 1 rings (SSSR count). The van der Waals surface area contributed by atoms with Crippen LogP contribution in [0.2, 0.25) is 0 Å². The van der Waals surface area contributed by atoms with Gasteiger partial charge >= 0.3 is 71.8 Å². The zero-order valence-corrected chi connectivity index (χ0v) is 9.39. The van der Waals surface area contributed by atoms with Crippen LogP contribution < -0.4 is 3.32 Å². The molecule has 0 N–H and O–H groups in total. The number of benzene rings is 1. The van der Waals surface area contributed by atoms with Gasteiger partial charge in [-0.2, -0.15) is 0 Å². The predicted molar refractivity (Wildman–Crippen MR) is 36.8 cm³/mol. The van der Waals surface area contributed by atoms with Gasteiger partial charge in [-0.15, -0.1) is 0 Å². The van der Waals surface area contributed by atoms with E-state index in [9.17, 15) is 4.79 Å². The summed E-state index contributed by atoms with van der Waals surface area (Å²) in [7, 11) is 0. The van der Waals surface area contributed by atoms with Crippen molar-refractivity contribution >= 4 is 6.86 Å². The minimum atomic E-state index is -1.08. The molecule has 0 spiro atoms. The van der Waals surface area contributed by atoms with Gasteiger partial charge in [-0.3, -0.25) is 0 Å². The van der Waals surface area contributed by atoms with Crippen molar-refractivity contribution in [3.05, 3.63) is 30.3 Å². The van der Waals surface area contributed by atoms with E-state index in [1.165, 1.54) is 3.32 Å². The summed E-state index contributed by atoms with van der Waals surface area (Å²) < 4.78 is 1.70. The van der Waals surface area contributed by atoms with Gasteiger partial charge in [0.05, 0.1) is 0 Å². The molecular formula is C8H8HfO. The Morgan fingerprint density at radius 2 is 1.90 bits per heavy atom. The molecule has 0 aromatic heterocycles. The molecule has 0 radical (unpaired) electrons. The Labute approximate surface area is 71.8 Å². The Kier molecular flexibility index (Phi) is 3.00. The topological polar surface area (TPSA) is 17.1 Å². The summed E-state index contributed by atoms with van der Waals surface area (Å²) in [4.78, 5) is 10.7. The van der Waals surface area contributed by atoms with Crippen LogP contribution in [0.5, 0.6) is 0 Å². The quantitative estimate of drug-likeness (QED) is 0.743. The molecule has 0 bridgehead atoms. The molecule has 0 aliphatic carbocycles. The number of carbonyl (C=O) groups excluding carboxylic acids is 1. The fourth-order valence-corrected chi connectivity index (χ4v) is 3.48. The van der Waals surface area contributed by atoms with E-state index in [2.05, 4.69) is 0 Å². The van der Waals surface area contributed by atoms with Crippen LogP contribution >= 0.6 is 0 Å². The molecule has 0 fully saturated rings. The maximum atomic E-state index is 10.7. The summed E-state index contributed by atoms with van der Waals surface area (Å²) in [6, 6.07) is 10.1. The summed E-state index contributed by atoms with van der Waals surface area (Å²) in [5, 5.41) is 0. The van der Waals surface area contributed by atoms with Crippen LogP contribution in [0.1, 0.15) is 6.92 Å². The van der Waals surface area contributed by atoms with Gasteiger partial charge in [0.25, 0.3) is 0 Å². The monoisotopic (exact) mass is 300 g/mol. The molecule has 50 valence electrons. The Hall–Kier alpha value is -0.240. The second-order valence-electron chi connectivity index (χ2n) is 2.05. The molecule has 0 heterocycles. The number of carbonyl (C=O) groups is 1. The van der Waals surface area contributed by atoms with Crippen molar-refractivity contribution in [3.8, 4) is 0 Å². The normalized spacial score (nSPS) is 8.90. The van der Waals surface area contributed by atoms with Gasteiger partial charge in [0.15, 0.2) is 0 Å². The van der Waals surface area contributed by atoms with Gasteiger partial charge in [-0.25, -0.2) is 0 Å². The third kappa shape index (κ3) is 2.56. The fraction of sp³-hybridized carbons (Fsp3) is 0.125. The summed E-state index contributed by atoms with van der Waals surface area (Å²) in [5.41, 5.74) is 0. The Morgan fingerprint density at radius 1 is 1.30 bits per heavy atom. The summed E-state index contributed by atoms with van der Waals surface area (Å²) in [5.74, 6) is 0. The van der Waals surface area contributed by atoms with E-state index in [-0.39, 0.29) is 0 Å². The average Bonchev–Trinajstić information content (AvgIpc) is 1.88. The van der Waals surface area contributed by atoms with Gasteiger partial charge in [0, 0.05) is 0 Å². The Balaban J connectivity index is 2.67. The molecule has 10 heavy (non-hydrogen) atoms. The van der Waals surface area contributed by atoms with Crippen LogP contribution in [-0.4, -0.2) is 3.54 Å². The standard InChI is InChI=1S/C6H5.C2H3O.Hf/c1-2-4-6-5-3-1;1-2-3;/h1-5H;1H3;.